The van der Waals surface area contributed by atoms with Crippen LogP contribution < -0.4 is 10.1 Å². The molecule has 1 saturated heterocycles. The first-order chi connectivity index (χ1) is 13.7. The van der Waals surface area contributed by atoms with Crippen molar-refractivity contribution in [3.8, 4) is 5.75 Å². The van der Waals surface area contributed by atoms with Crippen molar-refractivity contribution in [3.63, 3.8) is 0 Å². The number of aryl methyl sites for hydroxylation is 1. The van der Waals surface area contributed by atoms with Crippen molar-refractivity contribution >= 4 is 22.8 Å². The number of carbonyl (C=O) groups is 1. The van der Waals surface area contributed by atoms with Crippen LogP contribution in [0.2, 0.25) is 0 Å². The zero-order valence-electron chi connectivity index (χ0n) is 16.0. The van der Waals surface area contributed by atoms with Crippen molar-refractivity contribution in [2.75, 3.05) is 44.6 Å². The monoisotopic (exact) mass is 379 g/mol. The lowest BCUT2D eigenvalue weighted by Gasteiger charge is -2.34. The fourth-order valence-electron chi connectivity index (χ4n) is 3.39. The van der Waals surface area contributed by atoms with E-state index in [1.807, 2.05) is 65.0 Å². The average molecular weight is 379 g/mol. The van der Waals surface area contributed by atoms with E-state index in [0.717, 1.165) is 42.1 Å². The fourth-order valence-corrected chi connectivity index (χ4v) is 3.39. The first-order valence-electron chi connectivity index (χ1n) is 9.56. The first-order valence-corrected chi connectivity index (χ1v) is 9.56. The number of benzene rings is 2. The number of piperazine rings is 1. The summed E-state index contributed by atoms with van der Waals surface area (Å²) >= 11 is 0. The van der Waals surface area contributed by atoms with E-state index in [-0.39, 0.29) is 6.03 Å². The molecule has 1 N–H and O–H groups in total. The number of carbonyl (C=O) groups excluding carboxylic acids is 1. The zero-order valence-corrected chi connectivity index (χ0v) is 16.0. The molecule has 2 heterocycles. The molecule has 28 heavy (non-hydrogen) atoms. The molecule has 2 aromatic carbocycles. The number of amides is 2. The quantitative estimate of drug-likeness (QED) is 0.741. The van der Waals surface area contributed by atoms with Crippen LogP contribution in [0.15, 0.2) is 54.9 Å². The molecule has 146 valence electrons. The second kappa shape index (κ2) is 8.31. The molecule has 1 aliphatic heterocycles. The Labute approximate surface area is 164 Å². The van der Waals surface area contributed by atoms with Gasteiger partial charge in [0.1, 0.15) is 12.4 Å². The van der Waals surface area contributed by atoms with Crippen LogP contribution >= 0.6 is 0 Å². The first kappa shape index (κ1) is 18.3. The van der Waals surface area contributed by atoms with E-state index < -0.39 is 0 Å². The van der Waals surface area contributed by atoms with E-state index in [1.165, 1.54) is 0 Å². The lowest BCUT2D eigenvalue weighted by molar-refractivity contribution is 0.132. The molecule has 0 spiro atoms. The zero-order chi connectivity index (χ0) is 19.3. The van der Waals surface area contributed by atoms with Crippen LogP contribution in [0.25, 0.3) is 11.0 Å². The summed E-state index contributed by atoms with van der Waals surface area (Å²) in [5.74, 6) is 0.894. The number of para-hydroxylation sites is 1. The number of hydrogen-bond acceptors (Lipinski definition) is 4. The molecule has 7 heteroatoms. The Morgan fingerprint density at radius 1 is 1.11 bits per heavy atom. The topological polar surface area (TPSA) is 62.6 Å². The summed E-state index contributed by atoms with van der Waals surface area (Å²) in [6, 6.07) is 15.6. The molecule has 0 aliphatic carbocycles. The number of aromatic nitrogens is 2. The highest BCUT2D eigenvalue weighted by Gasteiger charge is 2.21. The van der Waals surface area contributed by atoms with Crippen molar-refractivity contribution in [2.24, 2.45) is 7.05 Å². The van der Waals surface area contributed by atoms with Gasteiger partial charge in [-0.2, -0.15) is 0 Å². The molecule has 4 rings (SSSR count). The van der Waals surface area contributed by atoms with Crippen molar-refractivity contribution in [3.05, 3.63) is 54.9 Å². The van der Waals surface area contributed by atoms with Crippen LogP contribution in [0.1, 0.15) is 0 Å². The van der Waals surface area contributed by atoms with Gasteiger partial charge in [-0.25, -0.2) is 9.78 Å². The summed E-state index contributed by atoms with van der Waals surface area (Å²) in [5, 5.41) is 3.00. The molecule has 2 amide bonds. The molecule has 1 aliphatic rings. The van der Waals surface area contributed by atoms with Gasteiger partial charge >= 0.3 is 6.03 Å². The second-order valence-corrected chi connectivity index (χ2v) is 6.98. The third-order valence-electron chi connectivity index (χ3n) is 5.06. The van der Waals surface area contributed by atoms with Crippen LogP contribution in [0, 0.1) is 0 Å². The number of imidazole rings is 1. The van der Waals surface area contributed by atoms with Crippen LogP contribution in [0.4, 0.5) is 10.5 Å². The van der Waals surface area contributed by atoms with Crippen molar-refractivity contribution < 1.29 is 9.53 Å². The predicted molar refractivity (Wildman–Crippen MR) is 110 cm³/mol. The Hall–Kier alpha value is -3.06. The van der Waals surface area contributed by atoms with E-state index in [0.29, 0.717) is 19.7 Å². The molecule has 0 saturated carbocycles. The molecular weight excluding hydrogens is 354 g/mol. The minimum absolute atomic E-state index is 0.0540. The summed E-state index contributed by atoms with van der Waals surface area (Å²) in [6.45, 7) is 4.65. The molecule has 0 bridgehead atoms. The highest BCUT2D eigenvalue weighted by Crippen LogP contribution is 2.18. The molecule has 1 fully saturated rings. The molecule has 3 aromatic rings. The van der Waals surface area contributed by atoms with Gasteiger partial charge in [0.05, 0.1) is 17.4 Å². The van der Waals surface area contributed by atoms with Gasteiger partial charge in [0.25, 0.3) is 0 Å². The number of ether oxygens (including phenoxy) is 1. The summed E-state index contributed by atoms with van der Waals surface area (Å²) in [6.07, 6.45) is 1.77. The largest absolute Gasteiger partial charge is 0.492 e. The number of hydrogen-bond donors (Lipinski definition) is 1. The third kappa shape index (κ3) is 4.26. The Bertz CT molecular complexity index is 932. The van der Waals surface area contributed by atoms with Crippen molar-refractivity contribution in [1.29, 1.82) is 0 Å². The fraction of sp³-hybridized carbons (Fsp3) is 0.333. The van der Waals surface area contributed by atoms with Crippen LogP contribution in [0.5, 0.6) is 5.75 Å². The lowest BCUT2D eigenvalue weighted by atomic mass is 10.2. The molecule has 7 nitrogen and oxygen atoms in total. The molecular formula is C21H25N5O2. The number of nitrogens with one attached hydrogen (secondary N) is 1. The van der Waals surface area contributed by atoms with Crippen molar-refractivity contribution in [2.45, 2.75) is 0 Å². The smallest absolute Gasteiger partial charge is 0.321 e. The van der Waals surface area contributed by atoms with E-state index >= 15 is 0 Å². The average Bonchev–Trinajstić information content (AvgIpc) is 3.10. The predicted octanol–water partition coefficient (Wildman–Crippen LogP) is 2.80. The van der Waals surface area contributed by atoms with E-state index in [2.05, 4.69) is 15.2 Å². The normalized spacial score (nSPS) is 15.0. The van der Waals surface area contributed by atoms with Gasteiger partial charge in [-0.1, -0.05) is 18.2 Å². The van der Waals surface area contributed by atoms with Gasteiger partial charge in [-0.15, -0.1) is 0 Å². The van der Waals surface area contributed by atoms with Gasteiger partial charge in [-0.3, -0.25) is 4.90 Å². The van der Waals surface area contributed by atoms with Crippen LogP contribution in [-0.4, -0.2) is 64.7 Å². The number of anilines is 1. The SMILES string of the molecule is Cn1cnc2ccc(NC(=O)N3CCN(CCOc4ccccc4)CC3)cc21. The second-order valence-electron chi connectivity index (χ2n) is 6.98. The standard InChI is InChI=1S/C21H25N5O2/c1-24-16-22-19-8-7-17(15-20(19)24)23-21(27)26-11-9-25(10-12-26)13-14-28-18-5-3-2-4-6-18/h2-8,15-16H,9-14H2,1H3,(H,23,27). The van der Waals surface area contributed by atoms with E-state index in [1.54, 1.807) is 6.33 Å². The van der Waals surface area contributed by atoms with Gasteiger partial charge in [0, 0.05) is 45.5 Å². The Balaban J connectivity index is 1.23. The maximum atomic E-state index is 12.6. The minimum atomic E-state index is -0.0540. The molecule has 0 atom stereocenters. The van der Waals surface area contributed by atoms with E-state index in [9.17, 15) is 4.79 Å². The number of fused-ring (bicyclic) bond motifs is 1. The van der Waals surface area contributed by atoms with Gasteiger partial charge in [-0.05, 0) is 30.3 Å². The van der Waals surface area contributed by atoms with Gasteiger partial charge in [0.15, 0.2) is 0 Å². The van der Waals surface area contributed by atoms with Crippen LogP contribution in [0.3, 0.4) is 0 Å². The minimum Gasteiger partial charge on any atom is -0.492 e. The third-order valence-corrected chi connectivity index (χ3v) is 5.06. The summed E-state index contributed by atoms with van der Waals surface area (Å²) < 4.78 is 7.70. The Morgan fingerprint density at radius 3 is 2.68 bits per heavy atom. The van der Waals surface area contributed by atoms with E-state index in [4.69, 9.17) is 4.74 Å². The summed E-state index contributed by atoms with van der Waals surface area (Å²) in [4.78, 5) is 21.1. The molecule has 0 unspecified atom stereocenters. The Morgan fingerprint density at radius 2 is 1.89 bits per heavy atom. The number of urea groups is 1. The molecule has 0 radical (unpaired) electrons. The number of rotatable bonds is 5. The van der Waals surface area contributed by atoms with Crippen LogP contribution in [-0.2, 0) is 7.05 Å². The maximum absolute atomic E-state index is 12.6. The van der Waals surface area contributed by atoms with Gasteiger partial charge < -0.3 is 19.5 Å². The molecule has 1 aromatic heterocycles. The maximum Gasteiger partial charge on any atom is 0.321 e. The van der Waals surface area contributed by atoms with Crippen molar-refractivity contribution in [1.82, 2.24) is 19.4 Å². The lowest BCUT2D eigenvalue weighted by Crippen LogP contribution is -2.50. The summed E-state index contributed by atoms with van der Waals surface area (Å²) in [7, 11) is 1.95. The highest BCUT2D eigenvalue weighted by molar-refractivity contribution is 5.92. The highest BCUT2D eigenvalue weighted by atomic mass is 16.5. The summed E-state index contributed by atoms with van der Waals surface area (Å²) in [5.41, 5.74) is 2.72. The van der Waals surface area contributed by atoms with Gasteiger partial charge in [0.2, 0.25) is 0 Å². The Kier molecular flexibility index (Phi) is 5.43. The number of nitrogens with zero attached hydrogens (tertiary/aromatic N) is 4.